The number of fused-ring (bicyclic) bond motifs is 1. The normalized spacial score (nSPS) is 17.8. The smallest absolute Gasteiger partial charge is 0.234 e. The second-order valence-corrected chi connectivity index (χ2v) is 8.55. The molecule has 2 aliphatic rings. The number of ether oxygens (including phenoxy) is 2. The number of hydrogen-bond donors (Lipinski definition) is 0. The molecular formula is C28H27NO4. The standard InChI is InChI=1S/C28H27NO4/c30-25-15-14-24-23(25)12-7-13-26(24)33-19-22-18-29(16-17-32-22)28(31)27(20-8-3-1-4-9-20)21-10-5-2-6-11-21/h1-13,22,27H,14-19H2. The van der Waals surface area contributed by atoms with Gasteiger partial charge in [0, 0.05) is 24.1 Å². The third-order valence-corrected chi connectivity index (χ3v) is 6.42. The Morgan fingerprint density at radius 2 is 1.64 bits per heavy atom. The average molecular weight is 442 g/mol. The number of nitrogens with zero attached hydrogens (tertiary/aromatic N) is 1. The molecule has 1 fully saturated rings. The van der Waals surface area contributed by atoms with Crippen LogP contribution in [0.15, 0.2) is 78.9 Å². The van der Waals surface area contributed by atoms with Gasteiger partial charge in [-0.15, -0.1) is 0 Å². The number of ketones is 1. The molecule has 0 bridgehead atoms. The molecule has 33 heavy (non-hydrogen) atoms. The molecule has 1 aliphatic heterocycles. The second-order valence-electron chi connectivity index (χ2n) is 8.55. The summed E-state index contributed by atoms with van der Waals surface area (Å²) in [5.74, 6) is 0.647. The SMILES string of the molecule is O=C1CCc2c(OCC3CN(C(=O)C(c4ccccc4)c4ccccc4)CCO3)cccc21. The zero-order valence-corrected chi connectivity index (χ0v) is 18.5. The molecular weight excluding hydrogens is 414 g/mol. The Morgan fingerprint density at radius 3 is 2.33 bits per heavy atom. The molecule has 5 nitrogen and oxygen atoms in total. The molecule has 1 amide bonds. The van der Waals surface area contributed by atoms with E-state index < -0.39 is 0 Å². The lowest BCUT2D eigenvalue weighted by Gasteiger charge is -2.35. The first kappa shape index (κ1) is 21.4. The van der Waals surface area contributed by atoms with Gasteiger partial charge >= 0.3 is 0 Å². The van der Waals surface area contributed by atoms with E-state index in [1.807, 2.05) is 83.8 Å². The number of carbonyl (C=O) groups excluding carboxylic acids is 2. The van der Waals surface area contributed by atoms with Crippen molar-refractivity contribution in [2.24, 2.45) is 0 Å². The number of morpholine rings is 1. The van der Waals surface area contributed by atoms with Crippen LogP contribution in [-0.2, 0) is 16.0 Å². The zero-order valence-electron chi connectivity index (χ0n) is 18.5. The summed E-state index contributed by atoms with van der Waals surface area (Å²) < 4.78 is 12.0. The molecule has 1 atom stereocenters. The molecule has 168 valence electrons. The highest BCUT2D eigenvalue weighted by molar-refractivity contribution is 6.01. The minimum Gasteiger partial charge on any atom is -0.491 e. The third kappa shape index (κ3) is 4.55. The third-order valence-electron chi connectivity index (χ3n) is 6.42. The van der Waals surface area contributed by atoms with E-state index >= 15 is 0 Å². The summed E-state index contributed by atoms with van der Waals surface area (Å²) in [6.07, 6.45) is 1.04. The summed E-state index contributed by atoms with van der Waals surface area (Å²) in [4.78, 5) is 27.6. The Bertz CT molecular complexity index is 1090. The highest BCUT2D eigenvalue weighted by Crippen LogP contribution is 2.31. The number of benzene rings is 3. The van der Waals surface area contributed by atoms with Gasteiger partial charge in [-0.25, -0.2) is 0 Å². The molecule has 3 aromatic rings. The van der Waals surface area contributed by atoms with Gasteiger partial charge in [0.1, 0.15) is 18.5 Å². The Hall–Kier alpha value is -3.44. The van der Waals surface area contributed by atoms with Gasteiger partial charge in [-0.1, -0.05) is 72.8 Å². The zero-order chi connectivity index (χ0) is 22.6. The lowest BCUT2D eigenvalue weighted by molar-refractivity contribution is -0.140. The lowest BCUT2D eigenvalue weighted by atomic mass is 9.90. The van der Waals surface area contributed by atoms with Crippen LogP contribution in [0, 0.1) is 0 Å². The fraction of sp³-hybridized carbons (Fsp3) is 0.286. The summed E-state index contributed by atoms with van der Waals surface area (Å²) in [5, 5.41) is 0. The van der Waals surface area contributed by atoms with Crippen LogP contribution in [-0.4, -0.2) is 49.0 Å². The number of amides is 1. The van der Waals surface area contributed by atoms with Gasteiger partial charge in [0.05, 0.1) is 19.1 Å². The average Bonchev–Trinajstić information content (AvgIpc) is 3.26. The molecule has 1 unspecified atom stereocenters. The monoisotopic (exact) mass is 441 g/mol. The van der Waals surface area contributed by atoms with Crippen molar-refractivity contribution in [1.82, 2.24) is 4.90 Å². The second kappa shape index (κ2) is 9.59. The van der Waals surface area contributed by atoms with Gasteiger partial charge in [0.25, 0.3) is 0 Å². The van der Waals surface area contributed by atoms with Crippen LogP contribution in [0.25, 0.3) is 0 Å². The Kier molecular flexibility index (Phi) is 6.22. The highest BCUT2D eigenvalue weighted by atomic mass is 16.5. The van der Waals surface area contributed by atoms with Crippen molar-refractivity contribution < 1.29 is 19.1 Å². The number of hydrogen-bond acceptors (Lipinski definition) is 4. The van der Waals surface area contributed by atoms with E-state index in [4.69, 9.17) is 9.47 Å². The van der Waals surface area contributed by atoms with Crippen molar-refractivity contribution in [2.75, 3.05) is 26.3 Å². The number of Topliss-reactive ketones (excluding diaryl/α,β-unsaturated/α-hetero) is 1. The van der Waals surface area contributed by atoms with Crippen molar-refractivity contribution in [3.8, 4) is 5.75 Å². The van der Waals surface area contributed by atoms with Crippen molar-refractivity contribution in [1.29, 1.82) is 0 Å². The summed E-state index contributed by atoms with van der Waals surface area (Å²) in [6, 6.07) is 25.5. The van der Waals surface area contributed by atoms with Crippen LogP contribution in [0.2, 0.25) is 0 Å². The Labute approximate surface area is 193 Å². The van der Waals surface area contributed by atoms with Gasteiger partial charge in [-0.05, 0) is 23.6 Å². The van der Waals surface area contributed by atoms with Crippen molar-refractivity contribution in [3.05, 3.63) is 101 Å². The molecule has 1 heterocycles. The van der Waals surface area contributed by atoms with Gasteiger partial charge in [-0.2, -0.15) is 0 Å². The van der Waals surface area contributed by atoms with Gasteiger partial charge in [-0.3, -0.25) is 9.59 Å². The molecule has 5 heteroatoms. The molecule has 0 aromatic heterocycles. The molecule has 1 saturated heterocycles. The van der Waals surface area contributed by atoms with E-state index in [0.29, 0.717) is 32.7 Å². The molecule has 1 aliphatic carbocycles. The fourth-order valence-corrected chi connectivity index (χ4v) is 4.75. The van der Waals surface area contributed by atoms with Gasteiger partial charge < -0.3 is 14.4 Å². The highest BCUT2D eigenvalue weighted by Gasteiger charge is 2.32. The van der Waals surface area contributed by atoms with Crippen LogP contribution < -0.4 is 4.74 Å². The molecule has 5 rings (SSSR count). The van der Waals surface area contributed by atoms with Crippen LogP contribution in [0.1, 0.15) is 39.4 Å². The quantitative estimate of drug-likeness (QED) is 0.574. The van der Waals surface area contributed by atoms with Crippen molar-refractivity contribution >= 4 is 11.7 Å². The first-order valence-electron chi connectivity index (χ1n) is 11.5. The predicted molar refractivity (Wildman–Crippen MR) is 126 cm³/mol. The van der Waals surface area contributed by atoms with Crippen molar-refractivity contribution in [3.63, 3.8) is 0 Å². The molecule has 0 spiro atoms. The first-order valence-corrected chi connectivity index (χ1v) is 11.5. The van der Waals surface area contributed by atoms with Gasteiger partial charge in [0.15, 0.2) is 5.78 Å². The summed E-state index contributed by atoms with van der Waals surface area (Å²) >= 11 is 0. The van der Waals surface area contributed by atoms with Crippen LogP contribution >= 0.6 is 0 Å². The van der Waals surface area contributed by atoms with Crippen molar-refractivity contribution in [2.45, 2.75) is 24.9 Å². The summed E-state index contributed by atoms with van der Waals surface area (Å²) in [7, 11) is 0. The van der Waals surface area contributed by atoms with Crippen LogP contribution in [0.4, 0.5) is 0 Å². The van der Waals surface area contributed by atoms with Crippen LogP contribution in [0.5, 0.6) is 5.75 Å². The van der Waals surface area contributed by atoms with E-state index in [9.17, 15) is 9.59 Å². The topological polar surface area (TPSA) is 55.8 Å². The molecule has 0 saturated carbocycles. The molecule has 0 radical (unpaired) electrons. The number of carbonyl (C=O) groups is 2. The van der Waals surface area contributed by atoms with E-state index in [2.05, 4.69) is 0 Å². The maximum atomic E-state index is 13.7. The van der Waals surface area contributed by atoms with E-state index in [0.717, 1.165) is 34.4 Å². The maximum absolute atomic E-state index is 13.7. The Balaban J connectivity index is 1.30. The lowest BCUT2D eigenvalue weighted by Crippen LogP contribution is -2.49. The van der Waals surface area contributed by atoms with Crippen LogP contribution in [0.3, 0.4) is 0 Å². The minimum absolute atomic E-state index is 0.0758. The first-order chi connectivity index (χ1) is 16.2. The Morgan fingerprint density at radius 1 is 0.939 bits per heavy atom. The maximum Gasteiger partial charge on any atom is 0.234 e. The van der Waals surface area contributed by atoms with E-state index in [1.165, 1.54) is 0 Å². The van der Waals surface area contributed by atoms with E-state index in [-0.39, 0.29) is 23.7 Å². The van der Waals surface area contributed by atoms with E-state index in [1.54, 1.807) is 0 Å². The number of rotatable bonds is 6. The molecule has 0 N–H and O–H groups in total. The summed E-state index contributed by atoms with van der Waals surface area (Å²) in [6.45, 7) is 1.85. The summed E-state index contributed by atoms with van der Waals surface area (Å²) in [5.41, 5.74) is 3.72. The predicted octanol–water partition coefficient (Wildman–Crippen LogP) is 4.25. The minimum atomic E-state index is -0.351. The van der Waals surface area contributed by atoms with Gasteiger partial charge in [0.2, 0.25) is 5.91 Å². The molecule has 3 aromatic carbocycles. The fourth-order valence-electron chi connectivity index (χ4n) is 4.75. The largest absolute Gasteiger partial charge is 0.491 e.